The Kier molecular flexibility index (Phi) is 5.78. The number of amides is 1. The standard InChI is InChI=1S/C17H23N3O4/c1-6-10(2)15(18-11(3)21)17-19-16(20-24-17)12-7-8-13(22-4)14(9-12)23-5/h7-10,15H,6H2,1-5H3,(H,18,21)/t10-,15+/m1/s1. The Hall–Kier alpha value is -2.57. The lowest BCUT2D eigenvalue weighted by Gasteiger charge is -2.19. The van der Waals surface area contributed by atoms with Gasteiger partial charge in [0.25, 0.3) is 0 Å². The van der Waals surface area contributed by atoms with E-state index in [0.29, 0.717) is 23.2 Å². The molecule has 1 aromatic heterocycles. The summed E-state index contributed by atoms with van der Waals surface area (Å²) >= 11 is 0. The molecule has 0 spiro atoms. The van der Waals surface area contributed by atoms with Crippen LogP contribution in [-0.2, 0) is 4.79 Å². The van der Waals surface area contributed by atoms with Crippen molar-refractivity contribution in [2.24, 2.45) is 5.92 Å². The van der Waals surface area contributed by atoms with Gasteiger partial charge in [0.15, 0.2) is 11.5 Å². The summed E-state index contributed by atoms with van der Waals surface area (Å²) in [7, 11) is 3.15. The minimum atomic E-state index is -0.311. The average molecular weight is 333 g/mol. The summed E-state index contributed by atoms with van der Waals surface area (Å²) in [5.41, 5.74) is 0.744. The highest BCUT2D eigenvalue weighted by Gasteiger charge is 2.25. The lowest BCUT2D eigenvalue weighted by atomic mass is 9.99. The Labute approximate surface area is 141 Å². The molecule has 0 unspecified atom stereocenters. The Morgan fingerprint density at radius 1 is 1.29 bits per heavy atom. The van der Waals surface area contributed by atoms with Gasteiger partial charge in [-0.15, -0.1) is 0 Å². The van der Waals surface area contributed by atoms with Crippen LogP contribution in [0.2, 0.25) is 0 Å². The molecule has 1 N–H and O–H groups in total. The second-order valence-electron chi connectivity index (χ2n) is 5.59. The summed E-state index contributed by atoms with van der Waals surface area (Å²) in [6.45, 7) is 5.55. The van der Waals surface area contributed by atoms with Crippen molar-refractivity contribution in [3.8, 4) is 22.9 Å². The molecule has 0 radical (unpaired) electrons. The molecule has 7 heteroatoms. The molecule has 1 aromatic carbocycles. The van der Waals surface area contributed by atoms with Gasteiger partial charge in [-0.1, -0.05) is 25.4 Å². The molecular weight excluding hydrogens is 310 g/mol. The number of ether oxygens (including phenoxy) is 2. The third kappa shape index (κ3) is 3.84. The number of hydrogen-bond acceptors (Lipinski definition) is 6. The summed E-state index contributed by atoms with van der Waals surface area (Å²) in [6.07, 6.45) is 0.874. The fraction of sp³-hybridized carbons (Fsp3) is 0.471. The van der Waals surface area contributed by atoms with Crippen molar-refractivity contribution in [3.05, 3.63) is 24.1 Å². The van der Waals surface area contributed by atoms with E-state index in [4.69, 9.17) is 14.0 Å². The maximum atomic E-state index is 11.4. The van der Waals surface area contributed by atoms with Crippen LogP contribution in [-0.4, -0.2) is 30.3 Å². The Morgan fingerprint density at radius 3 is 2.58 bits per heavy atom. The minimum Gasteiger partial charge on any atom is -0.493 e. The van der Waals surface area contributed by atoms with E-state index < -0.39 is 0 Å². The van der Waals surface area contributed by atoms with E-state index in [1.165, 1.54) is 6.92 Å². The van der Waals surface area contributed by atoms with Crippen LogP contribution < -0.4 is 14.8 Å². The van der Waals surface area contributed by atoms with Gasteiger partial charge >= 0.3 is 0 Å². The van der Waals surface area contributed by atoms with Crippen molar-refractivity contribution >= 4 is 5.91 Å². The van der Waals surface area contributed by atoms with Crippen molar-refractivity contribution in [3.63, 3.8) is 0 Å². The maximum Gasteiger partial charge on any atom is 0.249 e. The van der Waals surface area contributed by atoms with Gasteiger partial charge in [-0.2, -0.15) is 4.98 Å². The van der Waals surface area contributed by atoms with E-state index in [9.17, 15) is 4.79 Å². The Balaban J connectivity index is 2.33. The smallest absolute Gasteiger partial charge is 0.249 e. The summed E-state index contributed by atoms with van der Waals surface area (Å²) < 4.78 is 15.9. The van der Waals surface area contributed by atoms with Crippen LogP contribution in [0, 0.1) is 5.92 Å². The van der Waals surface area contributed by atoms with Crippen molar-refractivity contribution in [1.82, 2.24) is 15.5 Å². The molecule has 0 aliphatic carbocycles. The topological polar surface area (TPSA) is 86.5 Å². The van der Waals surface area contributed by atoms with Crippen LogP contribution in [0.15, 0.2) is 22.7 Å². The molecule has 0 bridgehead atoms. The Bertz CT molecular complexity index is 699. The molecular formula is C17H23N3O4. The number of benzene rings is 1. The number of nitrogens with zero attached hydrogens (tertiary/aromatic N) is 2. The number of rotatable bonds is 7. The highest BCUT2D eigenvalue weighted by molar-refractivity contribution is 5.73. The van der Waals surface area contributed by atoms with Gasteiger partial charge in [0.1, 0.15) is 6.04 Å². The second kappa shape index (κ2) is 7.81. The first-order chi connectivity index (χ1) is 11.5. The molecule has 24 heavy (non-hydrogen) atoms. The Morgan fingerprint density at radius 2 is 2.00 bits per heavy atom. The van der Waals surface area contributed by atoms with E-state index in [1.807, 2.05) is 19.9 Å². The maximum absolute atomic E-state index is 11.4. The van der Waals surface area contributed by atoms with Crippen LogP contribution in [0.25, 0.3) is 11.4 Å². The number of nitrogens with one attached hydrogen (secondary N) is 1. The van der Waals surface area contributed by atoms with Crippen LogP contribution in [0.3, 0.4) is 0 Å². The highest BCUT2D eigenvalue weighted by atomic mass is 16.5. The molecule has 1 amide bonds. The first-order valence-corrected chi connectivity index (χ1v) is 7.83. The molecule has 2 aromatic rings. The van der Waals surface area contributed by atoms with Gasteiger partial charge in [-0.25, -0.2) is 0 Å². The zero-order chi connectivity index (χ0) is 17.7. The summed E-state index contributed by atoms with van der Waals surface area (Å²) in [5, 5.41) is 6.90. The molecule has 0 aliphatic heterocycles. The molecule has 0 aliphatic rings. The summed E-state index contributed by atoms with van der Waals surface area (Å²) in [5.74, 6) is 2.08. The molecule has 130 valence electrons. The van der Waals surface area contributed by atoms with E-state index in [1.54, 1.807) is 26.4 Å². The lowest BCUT2D eigenvalue weighted by Crippen LogP contribution is -2.30. The van der Waals surface area contributed by atoms with Crippen LogP contribution in [0.1, 0.15) is 39.1 Å². The van der Waals surface area contributed by atoms with Crippen LogP contribution >= 0.6 is 0 Å². The van der Waals surface area contributed by atoms with Crippen molar-refractivity contribution < 1.29 is 18.8 Å². The number of carbonyl (C=O) groups is 1. The first kappa shape index (κ1) is 17.8. The first-order valence-electron chi connectivity index (χ1n) is 7.83. The molecule has 2 atom stereocenters. The van der Waals surface area contributed by atoms with Crippen molar-refractivity contribution in [1.29, 1.82) is 0 Å². The molecule has 1 heterocycles. The number of methoxy groups -OCH3 is 2. The quantitative estimate of drug-likeness (QED) is 0.838. The van der Waals surface area contributed by atoms with Crippen LogP contribution in [0.5, 0.6) is 11.5 Å². The van der Waals surface area contributed by atoms with Crippen molar-refractivity contribution in [2.45, 2.75) is 33.2 Å². The predicted molar refractivity (Wildman–Crippen MR) is 88.9 cm³/mol. The normalized spacial score (nSPS) is 13.2. The molecule has 0 saturated carbocycles. The molecule has 0 fully saturated rings. The number of hydrogen-bond donors (Lipinski definition) is 1. The molecule has 0 saturated heterocycles. The van der Waals surface area contributed by atoms with E-state index in [0.717, 1.165) is 12.0 Å². The van der Waals surface area contributed by atoms with Gasteiger partial charge in [0.2, 0.25) is 17.6 Å². The van der Waals surface area contributed by atoms with Gasteiger partial charge in [0, 0.05) is 12.5 Å². The largest absolute Gasteiger partial charge is 0.493 e. The summed E-state index contributed by atoms with van der Waals surface area (Å²) in [4.78, 5) is 15.9. The highest BCUT2D eigenvalue weighted by Crippen LogP contribution is 2.32. The number of aromatic nitrogens is 2. The summed E-state index contributed by atoms with van der Waals surface area (Å²) in [6, 6.07) is 5.08. The van der Waals surface area contributed by atoms with E-state index in [2.05, 4.69) is 15.5 Å². The SMILES string of the molecule is CC[C@@H](C)[C@H](NC(C)=O)c1nc(-c2ccc(OC)c(OC)c2)no1. The van der Waals surface area contributed by atoms with Gasteiger partial charge in [-0.3, -0.25) is 4.79 Å². The van der Waals surface area contributed by atoms with Crippen molar-refractivity contribution in [2.75, 3.05) is 14.2 Å². The van der Waals surface area contributed by atoms with Gasteiger partial charge in [0.05, 0.1) is 14.2 Å². The second-order valence-corrected chi connectivity index (χ2v) is 5.59. The zero-order valence-corrected chi connectivity index (χ0v) is 14.6. The lowest BCUT2D eigenvalue weighted by molar-refractivity contribution is -0.120. The third-order valence-electron chi connectivity index (χ3n) is 3.92. The molecule has 2 rings (SSSR count). The van der Waals surface area contributed by atoms with E-state index >= 15 is 0 Å². The average Bonchev–Trinajstić information content (AvgIpc) is 3.07. The van der Waals surface area contributed by atoms with Gasteiger partial charge < -0.3 is 19.3 Å². The van der Waals surface area contributed by atoms with Crippen LogP contribution in [0.4, 0.5) is 0 Å². The predicted octanol–water partition coefficient (Wildman–Crippen LogP) is 2.98. The fourth-order valence-corrected chi connectivity index (χ4v) is 2.36. The third-order valence-corrected chi connectivity index (χ3v) is 3.92. The van der Waals surface area contributed by atoms with E-state index in [-0.39, 0.29) is 17.9 Å². The fourth-order valence-electron chi connectivity index (χ4n) is 2.36. The molecule has 7 nitrogen and oxygen atoms in total. The minimum absolute atomic E-state index is 0.133. The van der Waals surface area contributed by atoms with Gasteiger partial charge in [-0.05, 0) is 24.1 Å². The monoisotopic (exact) mass is 333 g/mol. The number of carbonyl (C=O) groups excluding carboxylic acids is 1. The zero-order valence-electron chi connectivity index (χ0n) is 14.6.